The molecular weight excluding hydrogens is 231 g/mol. The number of pyridine rings is 1. The van der Waals surface area contributed by atoms with Crippen molar-refractivity contribution in [1.82, 2.24) is 4.98 Å². The molecule has 0 amide bonds. The van der Waals surface area contributed by atoms with Gasteiger partial charge in [0.1, 0.15) is 5.82 Å². The predicted octanol–water partition coefficient (Wildman–Crippen LogP) is 3.75. The van der Waals surface area contributed by atoms with Crippen molar-refractivity contribution in [2.75, 3.05) is 11.9 Å². The molecule has 0 aliphatic rings. The van der Waals surface area contributed by atoms with Crippen LogP contribution in [-0.2, 0) is 0 Å². The van der Waals surface area contributed by atoms with Crippen LogP contribution in [0.15, 0.2) is 36.4 Å². The highest BCUT2D eigenvalue weighted by Crippen LogP contribution is 2.24. The zero-order valence-corrected chi connectivity index (χ0v) is 10.4. The predicted molar refractivity (Wildman–Crippen MR) is 69.6 cm³/mol. The Kier molecular flexibility index (Phi) is 3.77. The summed E-state index contributed by atoms with van der Waals surface area (Å²) in [5, 5.41) is 3.07. The summed E-state index contributed by atoms with van der Waals surface area (Å²) in [6, 6.07) is 10.1. The van der Waals surface area contributed by atoms with E-state index in [9.17, 15) is 4.39 Å². The lowest BCUT2D eigenvalue weighted by molar-refractivity contribution is 0.427. The molecule has 94 valence electrons. The van der Waals surface area contributed by atoms with Crippen molar-refractivity contribution in [3.05, 3.63) is 47.8 Å². The summed E-state index contributed by atoms with van der Waals surface area (Å²) in [6.45, 7) is 4.64. The van der Waals surface area contributed by atoms with Gasteiger partial charge in [0.05, 0.1) is 0 Å². The van der Waals surface area contributed by atoms with Gasteiger partial charge >= 0.3 is 0 Å². The molecule has 3 nitrogen and oxygen atoms in total. The second-order valence-corrected chi connectivity index (χ2v) is 3.93. The van der Waals surface area contributed by atoms with Crippen LogP contribution in [0.4, 0.5) is 10.2 Å². The fraction of sp³-hybridized carbons (Fsp3) is 0.214. The van der Waals surface area contributed by atoms with Crippen molar-refractivity contribution >= 4 is 5.82 Å². The lowest BCUT2D eigenvalue weighted by Gasteiger charge is -2.08. The Labute approximate surface area is 106 Å². The van der Waals surface area contributed by atoms with Crippen LogP contribution in [0.1, 0.15) is 12.5 Å². The van der Waals surface area contributed by atoms with Gasteiger partial charge in [0, 0.05) is 12.6 Å². The Balaban J connectivity index is 2.22. The second-order valence-electron chi connectivity index (χ2n) is 3.93. The van der Waals surface area contributed by atoms with Crippen molar-refractivity contribution < 1.29 is 9.13 Å². The topological polar surface area (TPSA) is 34.1 Å². The lowest BCUT2D eigenvalue weighted by Crippen LogP contribution is -2.00. The molecule has 0 aliphatic carbocycles. The number of hydrogen-bond donors (Lipinski definition) is 1. The first kappa shape index (κ1) is 12.4. The van der Waals surface area contributed by atoms with Crippen molar-refractivity contribution in [2.24, 2.45) is 0 Å². The number of aromatic nitrogens is 1. The Hall–Kier alpha value is -2.10. The number of nitrogens with zero attached hydrogens (tertiary/aromatic N) is 1. The fourth-order valence-electron chi connectivity index (χ4n) is 1.55. The van der Waals surface area contributed by atoms with Crippen molar-refractivity contribution in [3.8, 4) is 11.6 Å². The van der Waals surface area contributed by atoms with Gasteiger partial charge in [0.25, 0.3) is 0 Å². The van der Waals surface area contributed by atoms with Crippen LogP contribution in [0.25, 0.3) is 0 Å². The zero-order valence-electron chi connectivity index (χ0n) is 10.4. The quantitative estimate of drug-likeness (QED) is 0.892. The van der Waals surface area contributed by atoms with Crippen molar-refractivity contribution in [1.29, 1.82) is 0 Å². The third-order valence-electron chi connectivity index (χ3n) is 2.38. The van der Waals surface area contributed by atoms with Crippen LogP contribution in [0, 0.1) is 12.7 Å². The third-order valence-corrected chi connectivity index (χ3v) is 2.38. The summed E-state index contributed by atoms with van der Waals surface area (Å²) < 4.78 is 19.0. The monoisotopic (exact) mass is 246 g/mol. The van der Waals surface area contributed by atoms with E-state index in [1.54, 1.807) is 18.2 Å². The largest absolute Gasteiger partial charge is 0.436 e. The van der Waals surface area contributed by atoms with E-state index in [0.717, 1.165) is 12.1 Å². The van der Waals surface area contributed by atoms with Gasteiger partial charge in [-0.05, 0) is 37.6 Å². The maximum Gasteiger partial charge on any atom is 0.221 e. The molecule has 0 atom stereocenters. The molecular formula is C14H15FN2O. The first-order valence-electron chi connectivity index (χ1n) is 5.84. The standard InChI is InChI=1S/C14H15FN2O/c1-3-16-13-5-4-6-14(17-13)18-12-9-10(2)7-8-11(12)15/h4-9H,3H2,1-2H3,(H,16,17). The van der Waals surface area contributed by atoms with Crippen LogP contribution in [0.5, 0.6) is 11.6 Å². The molecule has 2 rings (SSSR count). The molecule has 0 saturated carbocycles. The molecule has 0 saturated heterocycles. The molecule has 4 heteroatoms. The number of rotatable bonds is 4. The molecule has 0 radical (unpaired) electrons. The average Bonchev–Trinajstić information content (AvgIpc) is 2.35. The third kappa shape index (κ3) is 2.97. The number of benzene rings is 1. The van der Waals surface area contributed by atoms with Gasteiger partial charge in [-0.1, -0.05) is 12.1 Å². The van der Waals surface area contributed by atoms with Crippen LogP contribution < -0.4 is 10.1 Å². The second kappa shape index (κ2) is 5.49. The van der Waals surface area contributed by atoms with E-state index in [0.29, 0.717) is 11.7 Å². The van der Waals surface area contributed by atoms with Gasteiger partial charge < -0.3 is 10.1 Å². The first-order chi connectivity index (χ1) is 8.69. The summed E-state index contributed by atoms with van der Waals surface area (Å²) in [4.78, 5) is 4.23. The van der Waals surface area contributed by atoms with Crippen molar-refractivity contribution in [2.45, 2.75) is 13.8 Å². The number of hydrogen-bond acceptors (Lipinski definition) is 3. The first-order valence-corrected chi connectivity index (χ1v) is 5.84. The molecule has 0 bridgehead atoms. The van der Waals surface area contributed by atoms with Crippen LogP contribution >= 0.6 is 0 Å². The number of ether oxygens (including phenoxy) is 1. The van der Waals surface area contributed by atoms with E-state index in [2.05, 4.69) is 10.3 Å². The normalized spacial score (nSPS) is 10.2. The highest BCUT2D eigenvalue weighted by Gasteiger charge is 2.06. The Morgan fingerprint density at radius 2 is 2.11 bits per heavy atom. The highest BCUT2D eigenvalue weighted by molar-refractivity contribution is 5.39. The lowest BCUT2D eigenvalue weighted by atomic mass is 10.2. The van der Waals surface area contributed by atoms with Crippen LogP contribution in [-0.4, -0.2) is 11.5 Å². The van der Waals surface area contributed by atoms with Crippen molar-refractivity contribution in [3.63, 3.8) is 0 Å². The van der Waals surface area contributed by atoms with Gasteiger partial charge in [-0.2, -0.15) is 4.98 Å². The number of anilines is 1. The average molecular weight is 246 g/mol. The Morgan fingerprint density at radius 3 is 2.89 bits per heavy atom. The molecule has 0 aliphatic heterocycles. The van der Waals surface area contributed by atoms with E-state index in [4.69, 9.17) is 4.74 Å². The van der Waals surface area contributed by atoms with Gasteiger partial charge in [-0.3, -0.25) is 0 Å². The molecule has 1 aromatic heterocycles. The summed E-state index contributed by atoms with van der Waals surface area (Å²) in [5.74, 6) is 0.883. The summed E-state index contributed by atoms with van der Waals surface area (Å²) in [6.07, 6.45) is 0. The fourth-order valence-corrected chi connectivity index (χ4v) is 1.55. The Morgan fingerprint density at radius 1 is 1.28 bits per heavy atom. The number of aryl methyl sites for hydroxylation is 1. The summed E-state index contributed by atoms with van der Waals surface area (Å²) in [5.41, 5.74) is 0.939. The molecule has 1 N–H and O–H groups in total. The van der Waals surface area contributed by atoms with E-state index < -0.39 is 5.82 Å². The molecule has 0 spiro atoms. The molecule has 1 aromatic carbocycles. The SMILES string of the molecule is CCNc1cccc(Oc2cc(C)ccc2F)n1. The maximum absolute atomic E-state index is 13.5. The minimum Gasteiger partial charge on any atom is -0.436 e. The van der Waals surface area contributed by atoms with E-state index in [-0.39, 0.29) is 5.75 Å². The number of nitrogens with one attached hydrogen (secondary N) is 1. The Bertz CT molecular complexity index is 543. The summed E-state index contributed by atoms with van der Waals surface area (Å²) >= 11 is 0. The van der Waals surface area contributed by atoms with Crippen LogP contribution in [0.3, 0.4) is 0 Å². The number of halogens is 1. The molecule has 2 aromatic rings. The van der Waals surface area contributed by atoms with Gasteiger partial charge in [-0.15, -0.1) is 0 Å². The smallest absolute Gasteiger partial charge is 0.221 e. The van der Waals surface area contributed by atoms with Gasteiger partial charge in [0.15, 0.2) is 11.6 Å². The van der Waals surface area contributed by atoms with E-state index in [1.165, 1.54) is 6.07 Å². The molecule has 0 unspecified atom stereocenters. The molecule has 18 heavy (non-hydrogen) atoms. The van der Waals surface area contributed by atoms with Crippen LogP contribution in [0.2, 0.25) is 0 Å². The zero-order chi connectivity index (χ0) is 13.0. The minimum atomic E-state index is -0.392. The van der Waals surface area contributed by atoms with E-state index in [1.807, 2.05) is 26.0 Å². The molecule has 1 heterocycles. The molecule has 0 fully saturated rings. The minimum absolute atomic E-state index is 0.191. The highest BCUT2D eigenvalue weighted by atomic mass is 19.1. The van der Waals surface area contributed by atoms with E-state index >= 15 is 0 Å². The summed E-state index contributed by atoms with van der Waals surface area (Å²) in [7, 11) is 0. The van der Waals surface area contributed by atoms with Gasteiger partial charge in [0.2, 0.25) is 5.88 Å². The van der Waals surface area contributed by atoms with Gasteiger partial charge in [-0.25, -0.2) is 4.39 Å². The maximum atomic E-state index is 13.5.